The maximum atomic E-state index is 6.09. The van der Waals surface area contributed by atoms with Gasteiger partial charge in [0.05, 0.1) is 0 Å². The van der Waals surface area contributed by atoms with Crippen LogP contribution in [0.2, 0.25) is 5.02 Å². The molecule has 1 aliphatic rings. The molecule has 0 saturated carbocycles. The first-order chi connectivity index (χ1) is 8.24. The van der Waals surface area contributed by atoms with Crippen molar-refractivity contribution in [2.24, 2.45) is 0 Å². The first kappa shape index (κ1) is 11.1. The highest BCUT2D eigenvalue weighted by atomic mass is 35.5. The maximum absolute atomic E-state index is 6.09. The Bertz CT molecular complexity index is 538. The summed E-state index contributed by atoms with van der Waals surface area (Å²) < 4.78 is 0. The normalized spacial score (nSPS) is 20.2. The SMILES string of the molecule is Cc1[nH]c2ccc(Cl)cc2c1CC1CCCN1. The Morgan fingerprint density at radius 3 is 3.06 bits per heavy atom. The van der Waals surface area contributed by atoms with Crippen molar-refractivity contribution in [3.8, 4) is 0 Å². The second-order valence-corrected chi connectivity index (χ2v) is 5.35. The molecule has 90 valence electrons. The van der Waals surface area contributed by atoms with Crippen LogP contribution in [-0.4, -0.2) is 17.6 Å². The van der Waals surface area contributed by atoms with E-state index >= 15 is 0 Å². The number of nitrogens with one attached hydrogen (secondary N) is 2. The van der Waals surface area contributed by atoms with E-state index in [1.807, 2.05) is 6.07 Å². The van der Waals surface area contributed by atoms with Gasteiger partial charge in [0.2, 0.25) is 0 Å². The summed E-state index contributed by atoms with van der Waals surface area (Å²) in [4.78, 5) is 3.44. The van der Waals surface area contributed by atoms with Crippen LogP contribution < -0.4 is 5.32 Å². The van der Waals surface area contributed by atoms with Crippen LogP contribution in [0, 0.1) is 6.92 Å². The zero-order valence-electron chi connectivity index (χ0n) is 10.0. The summed E-state index contributed by atoms with van der Waals surface area (Å²) in [5.41, 5.74) is 3.89. The Labute approximate surface area is 106 Å². The Balaban J connectivity index is 2.01. The van der Waals surface area contributed by atoms with E-state index < -0.39 is 0 Å². The minimum absolute atomic E-state index is 0.631. The molecule has 2 aromatic rings. The molecule has 2 nitrogen and oxygen atoms in total. The van der Waals surface area contributed by atoms with Crippen LogP contribution in [0.4, 0.5) is 0 Å². The van der Waals surface area contributed by atoms with Gasteiger partial charge in [-0.25, -0.2) is 0 Å². The second-order valence-electron chi connectivity index (χ2n) is 4.92. The molecule has 2 heterocycles. The van der Waals surface area contributed by atoms with E-state index in [1.165, 1.54) is 35.0 Å². The number of rotatable bonds is 2. The minimum atomic E-state index is 0.631. The van der Waals surface area contributed by atoms with Crippen molar-refractivity contribution in [1.82, 2.24) is 10.3 Å². The van der Waals surface area contributed by atoms with Gasteiger partial charge in [0.15, 0.2) is 0 Å². The lowest BCUT2D eigenvalue weighted by atomic mass is 10.0. The summed E-state index contributed by atoms with van der Waals surface area (Å²) >= 11 is 6.09. The number of H-pyrrole nitrogens is 1. The van der Waals surface area contributed by atoms with Gasteiger partial charge in [0.25, 0.3) is 0 Å². The lowest BCUT2D eigenvalue weighted by Gasteiger charge is -2.10. The molecule has 2 N–H and O–H groups in total. The number of fused-ring (bicyclic) bond motifs is 1. The molecule has 1 fully saturated rings. The van der Waals surface area contributed by atoms with Gasteiger partial charge in [-0.1, -0.05) is 11.6 Å². The lowest BCUT2D eigenvalue weighted by molar-refractivity contribution is 0.603. The van der Waals surface area contributed by atoms with E-state index in [9.17, 15) is 0 Å². The average Bonchev–Trinajstić information content (AvgIpc) is 2.90. The summed E-state index contributed by atoms with van der Waals surface area (Å²) in [5.74, 6) is 0. The van der Waals surface area contributed by atoms with E-state index in [0.717, 1.165) is 18.0 Å². The molecular weight excluding hydrogens is 232 g/mol. The van der Waals surface area contributed by atoms with E-state index in [1.54, 1.807) is 0 Å². The summed E-state index contributed by atoms with van der Waals surface area (Å²) in [6, 6.07) is 6.71. The highest BCUT2D eigenvalue weighted by Crippen LogP contribution is 2.27. The number of aryl methyl sites for hydroxylation is 1. The maximum Gasteiger partial charge on any atom is 0.0459 e. The fraction of sp³-hybridized carbons (Fsp3) is 0.429. The van der Waals surface area contributed by atoms with E-state index in [0.29, 0.717) is 6.04 Å². The second kappa shape index (κ2) is 4.35. The molecule has 0 spiro atoms. The molecule has 1 aromatic carbocycles. The van der Waals surface area contributed by atoms with Gasteiger partial charge in [-0.2, -0.15) is 0 Å². The number of aromatic nitrogens is 1. The van der Waals surface area contributed by atoms with Crippen molar-refractivity contribution in [1.29, 1.82) is 0 Å². The Hall–Kier alpha value is -0.990. The van der Waals surface area contributed by atoms with Gasteiger partial charge >= 0.3 is 0 Å². The highest BCUT2D eigenvalue weighted by molar-refractivity contribution is 6.31. The molecule has 3 rings (SSSR count). The van der Waals surface area contributed by atoms with Crippen LogP contribution in [0.15, 0.2) is 18.2 Å². The van der Waals surface area contributed by atoms with Crippen molar-refractivity contribution in [3.05, 3.63) is 34.5 Å². The van der Waals surface area contributed by atoms with E-state index in [4.69, 9.17) is 11.6 Å². The van der Waals surface area contributed by atoms with Crippen molar-refractivity contribution in [2.45, 2.75) is 32.2 Å². The van der Waals surface area contributed by atoms with Gasteiger partial charge in [-0.3, -0.25) is 0 Å². The fourth-order valence-electron chi connectivity index (χ4n) is 2.79. The predicted molar refractivity (Wildman–Crippen MR) is 72.8 cm³/mol. The summed E-state index contributed by atoms with van der Waals surface area (Å²) in [6.45, 7) is 3.31. The highest BCUT2D eigenvalue weighted by Gasteiger charge is 2.18. The molecule has 1 aromatic heterocycles. The summed E-state index contributed by atoms with van der Waals surface area (Å²) in [6.07, 6.45) is 3.69. The Morgan fingerprint density at radius 2 is 2.29 bits per heavy atom. The molecule has 0 bridgehead atoms. The third kappa shape index (κ3) is 2.07. The van der Waals surface area contributed by atoms with Crippen LogP contribution in [-0.2, 0) is 6.42 Å². The first-order valence-corrected chi connectivity index (χ1v) is 6.62. The third-order valence-electron chi connectivity index (χ3n) is 3.69. The van der Waals surface area contributed by atoms with Gasteiger partial charge in [0.1, 0.15) is 0 Å². The van der Waals surface area contributed by atoms with Crippen molar-refractivity contribution < 1.29 is 0 Å². The number of benzene rings is 1. The fourth-order valence-corrected chi connectivity index (χ4v) is 2.97. The zero-order valence-corrected chi connectivity index (χ0v) is 10.8. The third-order valence-corrected chi connectivity index (χ3v) is 3.93. The molecule has 3 heteroatoms. The molecule has 1 saturated heterocycles. The molecule has 1 unspecified atom stereocenters. The van der Waals surface area contributed by atoms with Crippen LogP contribution in [0.5, 0.6) is 0 Å². The number of hydrogen-bond donors (Lipinski definition) is 2. The minimum Gasteiger partial charge on any atom is -0.358 e. The smallest absolute Gasteiger partial charge is 0.0459 e. The van der Waals surface area contributed by atoms with E-state index in [-0.39, 0.29) is 0 Å². The molecule has 1 aliphatic heterocycles. The largest absolute Gasteiger partial charge is 0.358 e. The first-order valence-electron chi connectivity index (χ1n) is 6.24. The van der Waals surface area contributed by atoms with Crippen LogP contribution >= 0.6 is 11.6 Å². The Morgan fingerprint density at radius 1 is 1.41 bits per heavy atom. The lowest BCUT2D eigenvalue weighted by Crippen LogP contribution is -2.23. The number of aromatic amines is 1. The quantitative estimate of drug-likeness (QED) is 0.838. The molecule has 1 atom stereocenters. The van der Waals surface area contributed by atoms with Crippen molar-refractivity contribution >= 4 is 22.5 Å². The topological polar surface area (TPSA) is 27.8 Å². The molecule has 0 radical (unpaired) electrons. The molecule has 0 amide bonds. The summed E-state index contributed by atoms with van der Waals surface area (Å²) in [7, 11) is 0. The molecular formula is C14H17ClN2. The van der Waals surface area contributed by atoms with E-state index in [2.05, 4.69) is 29.4 Å². The van der Waals surface area contributed by atoms with Gasteiger partial charge < -0.3 is 10.3 Å². The van der Waals surface area contributed by atoms with Crippen LogP contribution in [0.25, 0.3) is 10.9 Å². The van der Waals surface area contributed by atoms with Gasteiger partial charge in [0, 0.05) is 27.7 Å². The zero-order chi connectivity index (χ0) is 11.8. The van der Waals surface area contributed by atoms with Crippen LogP contribution in [0.1, 0.15) is 24.1 Å². The Kier molecular flexibility index (Phi) is 2.85. The van der Waals surface area contributed by atoms with Gasteiger partial charge in [-0.05, 0) is 56.5 Å². The number of hydrogen-bond acceptors (Lipinski definition) is 1. The van der Waals surface area contributed by atoms with Crippen molar-refractivity contribution in [3.63, 3.8) is 0 Å². The van der Waals surface area contributed by atoms with Crippen molar-refractivity contribution in [2.75, 3.05) is 6.54 Å². The van der Waals surface area contributed by atoms with Crippen LogP contribution in [0.3, 0.4) is 0 Å². The summed E-state index contributed by atoms with van der Waals surface area (Å²) in [5, 5.41) is 5.65. The number of halogens is 1. The standard InChI is InChI=1S/C14H17ClN2/c1-9-12(8-11-3-2-6-16-11)13-7-10(15)4-5-14(13)17-9/h4-5,7,11,16-17H,2-3,6,8H2,1H3. The molecule has 0 aliphatic carbocycles. The average molecular weight is 249 g/mol. The van der Waals surface area contributed by atoms with Gasteiger partial charge in [-0.15, -0.1) is 0 Å². The monoisotopic (exact) mass is 248 g/mol. The predicted octanol–water partition coefficient (Wildman–Crippen LogP) is 3.42. The molecule has 17 heavy (non-hydrogen) atoms.